The average Bonchev–Trinajstić information content (AvgIpc) is 2.40. The Morgan fingerprint density at radius 3 is 2.59 bits per heavy atom. The number of ether oxygens (including phenoxy) is 2. The topological polar surface area (TPSA) is 72.9 Å². The van der Waals surface area contributed by atoms with Crippen LogP contribution in [0.5, 0.6) is 0 Å². The molecule has 2 rings (SSSR count). The summed E-state index contributed by atoms with van der Waals surface area (Å²) in [6.07, 6.45) is 0.478. The van der Waals surface area contributed by atoms with Crippen molar-refractivity contribution in [3.05, 3.63) is 11.5 Å². The molecule has 0 bridgehead atoms. The van der Waals surface area contributed by atoms with Gasteiger partial charge in [-0.2, -0.15) is 0 Å². The number of β-lactam (4-membered cyclic amide) rings is 1. The summed E-state index contributed by atoms with van der Waals surface area (Å²) in [5, 5.41) is 0.0633. The Bertz CT molecular complexity index is 535. The number of amides is 1. The summed E-state index contributed by atoms with van der Waals surface area (Å²) in [6, 6.07) is 0. The molecule has 0 spiro atoms. The van der Waals surface area contributed by atoms with Gasteiger partial charge in [0, 0.05) is 23.7 Å². The lowest BCUT2D eigenvalue weighted by Gasteiger charge is -2.44. The normalized spacial score (nSPS) is 21.2. The molecule has 0 aromatic heterocycles. The van der Waals surface area contributed by atoms with Crippen molar-refractivity contribution in [2.45, 2.75) is 39.5 Å². The van der Waals surface area contributed by atoms with Gasteiger partial charge in [-0.1, -0.05) is 20.8 Å². The molecule has 2 aliphatic heterocycles. The standard InChI is InChI=1S/C15H21NO5S/c1-9(17)20-6-10-8-22-13-5-12(19)16(13)14(10)21-7-11(18)15(2,3)4/h13H,5-8H2,1-4H3/t13-/m1/s1. The highest BCUT2D eigenvalue weighted by Gasteiger charge is 2.44. The van der Waals surface area contributed by atoms with Crippen LogP contribution in [0.1, 0.15) is 34.1 Å². The number of hydrogen-bond acceptors (Lipinski definition) is 6. The van der Waals surface area contributed by atoms with Crippen LogP contribution in [0, 0.1) is 5.41 Å². The van der Waals surface area contributed by atoms with Gasteiger partial charge in [-0.15, -0.1) is 11.8 Å². The van der Waals surface area contributed by atoms with Gasteiger partial charge in [0.1, 0.15) is 13.2 Å². The molecule has 0 saturated carbocycles. The maximum Gasteiger partial charge on any atom is 0.302 e. The fourth-order valence-corrected chi connectivity index (χ4v) is 3.23. The molecule has 22 heavy (non-hydrogen) atoms. The maximum absolute atomic E-state index is 12.0. The van der Waals surface area contributed by atoms with Gasteiger partial charge >= 0.3 is 5.97 Å². The molecule has 122 valence electrons. The second-order valence-electron chi connectivity index (χ2n) is 6.38. The first-order chi connectivity index (χ1) is 10.2. The number of ketones is 1. The number of esters is 1. The zero-order valence-corrected chi connectivity index (χ0v) is 14.1. The van der Waals surface area contributed by atoms with E-state index in [2.05, 4.69) is 0 Å². The lowest BCUT2D eigenvalue weighted by molar-refractivity contribution is -0.145. The number of rotatable bonds is 5. The predicted octanol–water partition coefficient (Wildman–Crippen LogP) is 1.70. The number of Topliss-reactive ketones (excluding diaryl/α,β-unsaturated/α-hetero) is 1. The van der Waals surface area contributed by atoms with Crippen LogP contribution in [0.2, 0.25) is 0 Å². The first kappa shape index (κ1) is 16.9. The summed E-state index contributed by atoms with van der Waals surface area (Å²) < 4.78 is 10.7. The minimum absolute atomic E-state index is 0.0317. The zero-order chi connectivity index (χ0) is 16.5. The first-order valence-corrected chi connectivity index (χ1v) is 8.20. The monoisotopic (exact) mass is 327 g/mol. The molecule has 6 nitrogen and oxygen atoms in total. The highest BCUT2D eigenvalue weighted by molar-refractivity contribution is 8.00. The third-order valence-electron chi connectivity index (χ3n) is 3.50. The van der Waals surface area contributed by atoms with Crippen LogP contribution >= 0.6 is 11.8 Å². The molecular weight excluding hydrogens is 306 g/mol. The van der Waals surface area contributed by atoms with Gasteiger partial charge in [0.05, 0.1) is 11.8 Å². The lowest BCUT2D eigenvalue weighted by atomic mass is 9.91. The van der Waals surface area contributed by atoms with Gasteiger partial charge in [0.15, 0.2) is 5.78 Å². The summed E-state index contributed by atoms with van der Waals surface area (Å²) >= 11 is 1.61. The van der Waals surface area contributed by atoms with Crippen molar-refractivity contribution in [3.8, 4) is 0 Å². The number of carbonyl (C=O) groups is 3. The van der Waals surface area contributed by atoms with Gasteiger partial charge in [0.2, 0.25) is 11.8 Å². The number of carbonyl (C=O) groups excluding carboxylic acids is 3. The Morgan fingerprint density at radius 1 is 1.36 bits per heavy atom. The molecule has 1 amide bonds. The molecule has 0 radical (unpaired) electrons. The van der Waals surface area contributed by atoms with E-state index in [1.165, 1.54) is 6.92 Å². The molecule has 1 fully saturated rings. The van der Waals surface area contributed by atoms with Crippen LogP contribution in [0.25, 0.3) is 0 Å². The molecule has 2 heterocycles. The van der Waals surface area contributed by atoms with Crippen LogP contribution in [-0.2, 0) is 23.9 Å². The van der Waals surface area contributed by atoms with Crippen molar-refractivity contribution in [2.24, 2.45) is 5.41 Å². The van der Waals surface area contributed by atoms with Gasteiger partial charge < -0.3 is 9.47 Å². The minimum atomic E-state index is -0.502. The SMILES string of the molecule is CC(=O)OCC1=C(OCC(=O)C(C)(C)C)N2C(=O)C[C@H]2SC1. The van der Waals surface area contributed by atoms with Crippen molar-refractivity contribution in [1.29, 1.82) is 0 Å². The van der Waals surface area contributed by atoms with Crippen molar-refractivity contribution >= 4 is 29.4 Å². The second-order valence-corrected chi connectivity index (χ2v) is 7.55. The molecule has 0 aromatic rings. The summed E-state index contributed by atoms with van der Waals surface area (Å²) in [6.45, 7) is 6.78. The van der Waals surface area contributed by atoms with E-state index < -0.39 is 5.41 Å². The molecule has 1 atom stereocenters. The van der Waals surface area contributed by atoms with Gasteiger partial charge in [-0.25, -0.2) is 0 Å². The summed E-state index contributed by atoms with van der Waals surface area (Å²) in [7, 11) is 0. The second kappa shape index (κ2) is 6.32. The lowest BCUT2D eigenvalue weighted by Crippen LogP contribution is -2.53. The van der Waals surface area contributed by atoms with E-state index in [1.807, 2.05) is 20.8 Å². The Labute approximate surface area is 134 Å². The molecular formula is C15H21NO5S. The van der Waals surface area contributed by atoms with Crippen LogP contribution in [-0.4, -0.2) is 46.9 Å². The fourth-order valence-electron chi connectivity index (χ4n) is 2.01. The fraction of sp³-hybridized carbons (Fsp3) is 0.667. The van der Waals surface area contributed by atoms with Crippen molar-refractivity contribution < 1.29 is 23.9 Å². The first-order valence-electron chi connectivity index (χ1n) is 7.15. The minimum Gasteiger partial charge on any atom is -0.471 e. The molecule has 0 N–H and O–H groups in total. The van der Waals surface area contributed by atoms with Gasteiger partial charge in [0.25, 0.3) is 0 Å². The third kappa shape index (κ3) is 3.63. The number of fused-ring (bicyclic) bond motifs is 1. The summed E-state index contributed by atoms with van der Waals surface area (Å²) in [4.78, 5) is 36.4. The van der Waals surface area contributed by atoms with Gasteiger partial charge in [-0.3, -0.25) is 19.3 Å². The Hall–Kier alpha value is -1.50. The van der Waals surface area contributed by atoms with E-state index in [1.54, 1.807) is 16.7 Å². The number of hydrogen-bond donors (Lipinski definition) is 0. The van der Waals surface area contributed by atoms with E-state index in [9.17, 15) is 14.4 Å². The van der Waals surface area contributed by atoms with Crippen molar-refractivity contribution in [3.63, 3.8) is 0 Å². The highest BCUT2D eigenvalue weighted by Crippen LogP contribution is 2.40. The van der Waals surface area contributed by atoms with Crippen molar-refractivity contribution in [1.82, 2.24) is 4.90 Å². The Morgan fingerprint density at radius 2 is 2.05 bits per heavy atom. The van der Waals surface area contributed by atoms with E-state index in [-0.39, 0.29) is 36.2 Å². The van der Waals surface area contributed by atoms with E-state index in [4.69, 9.17) is 9.47 Å². The molecule has 0 aromatic carbocycles. The van der Waals surface area contributed by atoms with E-state index >= 15 is 0 Å². The van der Waals surface area contributed by atoms with Crippen molar-refractivity contribution in [2.75, 3.05) is 19.0 Å². The van der Waals surface area contributed by atoms with Crippen LogP contribution in [0.4, 0.5) is 0 Å². The largest absolute Gasteiger partial charge is 0.471 e. The Kier molecular flexibility index (Phi) is 4.84. The highest BCUT2D eigenvalue weighted by atomic mass is 32.2. The number of thioether (sulfide) groups is 1. The van der Waals surface area contributed by atoms with E-state index in [0.29, 0.717) is 18.1 Å². The summed E-state index contributed by atoms with van der Waals surface area (Å²) in [5.41, 5.74) is 0.226. The quantitative estimate of drug-likeness (QED) is 0.565. The van der Waals surface area contributed by atoms with E-state index in [0.717, 1.165) is 5.57 Å². The third-order valence-corrected chi connectivity index (χ3v) is 4.78. The molecule has 7 heteroatoms. The smallest absolute Gasteiger partial charge is 0.302 e. The Balaban J connectivity index is 2.13. The van der Waals surface area contributed by atoms with Crippen LogP contribution < -0.4 is 0 Å². The predicted molar refractivity (Wildman–Crippen MR) is 81.8 cm³/mol. The van der Waals surface area contributed by atoms with Crippen LogP contribution in [0.15, 0.2) is 11.5 Å². The molecule has 0 aliphatic carbocycles. The number of nitrogens with zero attached hydrogens (tertiary/aromatic N) is 1. The average molecular weight is 327 g/mol. The van der Waals surface area contributed by atoms with Crippen LogP contribution in [0.3, 0.4) is 0 Å². The molecule has 2 aliphatic rings. The molecule has 0 unspecified atom stereocenters. The summed E-state index contributed by atoms with van der Waals surface area (Å²) in [5.74, 6) is 0.546. The van der Waals surface area contributed by atoms with Gasteiger partial charge in [-0.05, 0) is 0 Å². The zero-order valence-electron chi connectivity index (χ0n) is 13.3. The molecule has 1 saturated heterocycles. The maximum atomic E-state index is 12.0.